The van der Waals surface area contributed by atoms with E-state index in [2.05, 4.69) is 20.8 Å². The van der Waals surface area contributed by atoms with Crippen LogP contribution in [-0.4, -0.2) is 16.7 Å². The number of para-hydroxylation sites is 1. The van der Waals surface area contributed by atoms with Crippen LogP contribution in [0, 0.1) is 5.41 Å². The van der Waals surface area contributed by atoms with Crippen LogP contribution < -0.4 is 4.74 Å². The SMILES string of the molecule is CC1(C)CCCCC1(C)Oc1ccccc1C(=O)O. The molecule has 0 radical (unpaired) electrons. The summed E-state index contributed by atoms with van der Waals surface area (Å²) >= 11 is 0. The molecule has 1 saturated carbocycles. The lowest BCUT2D eigenvalue weighted by Crippen LogP contribution is -2.49. The Morgan fingerprint density at radius 2 is 1.79 bits per heavy atom. The lowest BCUT2D eigenvalue weighted by Gasteiger charge is -2.47. The molecule has 0 aromatic heterocycles. The minimum atomic E-state index is -0.937. The zero-order valence-corrected chi connectivity index (χ0v) is 11.9. The Bertz CT molecular complexity index is 479. The van der Waals surface area contributed by atoms with Gasteiger partial charge in [0, 0.05) is 5.41 Å². The van der Waals surface area contributed by atoms with Crippen molar-refractivity contribution in [1.29, 1.82) is 0 Å². The van der Waals surface area contributed by atoms with E-state index in [1.54, 1.807) is 18.2 Å². The summed E-state index contributed by atoms with van der Waals surface area (Å²) < 4.78 is 6.17. The van der Waals surface area contributed by atoms with Gasteiger partial charge < -0.3 is 9.84 Å². The molecule has 1 unspecified atom stereocenters. The summed E-state index contributed by atoms with van der Waals surface area (Å²) in [5.74, 6) is -0.458. The van der Waals surface area contributed by atoms with Crippen LogP contribution in [0.4, 0.5) is 0 Å². The summed E-state index contributed by atoms with van der Waals surface area (Å²) in [6.07, 6.45) is 4.42. The molecular formula is C16H22O3. The zero-order valence-electron chi connectivity index (χ0n) is 11.9. The number of aromatic carboxylic acids is 1. The third-order valence-corrected chi connectivity index (χ3v) is 4.59. The topological polar surface area (TPSA) is 46.5 Å². The number of rotatable bonds is 3. The first-order valence-electron chi connectivity index (χ1n) is 6.87. The second-order valence-corrected chi connectivity index (χ2v) is 6.23. The van der Waals surface area contributed by atoms with Crippen LogP contribution in [-0.2, 0) is 0 Å². The van der Waals surface area contributed by atoms with Crippen LogP contribution in [0.5, 0.6) is 5.75 Å². The van der Waals surface area contributed by atoms with E-state index in [1.165, 1.54) is 6.42 Å². The van der Waals surface area contributed by atoms with Crippen molar-refractivity contribution in [2.45, 2.75) is 52.1 Å². The lowest BCUT2D eigenvalue weighted by atomic mass is 9.66. The van der Waals surface area contributed by atoms with Gasteiger partial charge in [-0.3, -0.25) is 0 Å². The van der Waals surface area contributed by atoms with E-state index in [0.29, 0.717) is 5.75 Å². The fourth-order valence-electron chi connectivity index (χ4n) is 2.80. The Labute approximate surface area is 114 Å². The van der Waals surface area contributed by atoms with Crippen molar-refractivity contribution in [2.75, 3.05) is 0 Å². The molecule has 3 heteroatoms. The summed E-state index contributed by atoms with van der Waals surface area (Å²) in [6, 6.07) is 6.89. The predicted octanol–water partition coefficient (Wildman–Crippen LogP) is 4.12. The maximum absolute atomic E-state index is 11.2. The molecule has 2 rings (SSSR count). The van der Waals surface area contributed by atoms with E-state index in [0.717, 1.165) is 19.3 Å². The third-order valence-electron chi connectivity index (χ3n) is 4.59. The number of hydrogen-bond acceptors (Lipinski definition) is 2. The van der Waals surface area contributed by atoms with Gasteiger partial charge in [-0.25, -0.2) is 4.79 Å². The fourth-order valence-corrected chi connectivity index (χ4v) is 2.80. The third kappa shape index (κ3) is 2.60. The smallest absolute Gasteiger partial charge is 0.339 e. The maximum Gasteiger partial charge on any atom is 0.339 e. The lowest BCUT2D eigenvalue weighted by molar-refractivity contribution is -0.0598. The molecule has 1 aliphatic carbocycles. The highest BCUT2D eigenvalue weighted by atomic mass is 16.5. The molecular weight excluding hydrogens is 240 g/mol. The molecule has 0 bridgehead atoms. The van der Waals surface area contributed by atoms with Crippen molar-refractivity contribution in [1.82, 2.24) is 0 Å². The van der Waals surface area contributed by atoms with Crippen LogP contribution >= 0.6 is 0 Å². The first kappa shape index (κ1) is 13.9. The van der Waals surface area contributed by atoms with E-state index in [9.17, 15) is 9.90 Å². The summed E-state index contributed by atoms with van der Waals surface area (Å²) in [4.78, 5) is 11.2. The maximum atomic E-state index is 11.2. The predicted molar refractivity (Wildman–Crippen MR) is 74.7 cm³/mol. The van der Waals surface area contributed by atoms with Gasteiger partial charge in [-0.15, -0.1) is 0 Å². The molecule has 0 heterocycles. The van der Waals surface area contributed by atoms with E-state index in [-0.39, 0.29) is 16.6 Å². The average molecular weight is 262 g/mol. The van der Waals surface area contributed by atoms with Gasteiger partial charge in [-0.2, -0.15) is 0 Å². The normalized spacial score (nSPS) is 25.8. The minimum absolute atomic E-state index is 0.0524. The van der Waals surface area contributed by atoms with Crippen LogP contribution in [0.3, 0.4) is 0 Å². The van der Waals surface area contributed by atoms with E-state index < -0.39 is 5.97 Å². The monoisotopic (exact) mass is 262 g/mol. The summed E-state index contributed by atoms with van der Waals surface area (Å²) in [6.45, 7) is 6.51. The molecule has 104 valence electrons. The molecule has 0 aliphatic heterocycles. The van der Waals surface area contributed by atoms with Crippen molar-refractivity contribution < 1.29 is 14.6 Å². The van der Waals surface area contributed by atoms with Crippen LogP contribution in [0.1, 0.15) is 56.8 Å². The van der Waals surface area contributed by atoms with Crippen molar-refractivity contribution in [2.24, 2.45) is 5.41 Å². The van der Waals surface area contributed by atoms with Crippen molar-refractivity contribution >= 4 is 5.97 Å². The molecule has 0 saturated heterocycles. The molecule has 0 amide bonds. The zero-order chi connectivity index (χ0) is 14.1. The average Bonchev–Trinajstić information content (AvgIpc) is 2.33. The Morgan fingerprint density at radius 3 is 2.42 bits per heavy atom. The van der Waals surface area contributed by atoms with E-state index >= 15 is 0 Å². The number of hydrogen-bond donors (Lipinski definition) is 1. The van der Waals surface area contributed by atoms with Gasteiger partial charge in [0.05, 0.1) is 0 Å². The second-order valence-electron chi connectivity index (χ2n) is 6.23. The van der Waals surface area contributed by atoms with Gasteiger partial charge in [-0.1, -0.05) is 32.4 Å². The summed E-state index contributed by atoms with van der Waals surface area (Å²) in [5, 5.41) is 9.23. The standard InChI is InChI=1S/C16H22O3/c1-15(2)10-6-7-11-16(15,3)19-13-9-5-4-8-12(13)14(17)18/h4-5,8-9H,6-7,10-11H2,1-3H3,(H,17,18). The molecule has 1 aliphatic rings. The van der Waals surface area contributed by atoms with Crippen molar-refractivity contribution in [3.8, 4) is 5.75 Å². The van der Waals surface area contributed by atoms with Crippen LogP contribution in [0.15, 0.2) is 24.3 Å². The van der Waals surface area contributed by atoms with Gasteiger partial charge in [0.2, 0.25) is 0 Å². The number of benzene rings is 1. The van der Waals surface area contributed by atoms with Gasteiger partial charge in [0.15, 0.2) is 0 Å². The largest absolute Gasteiger partial charge is 0.486 e. The number of carboxylic acids is 1. The minimum Gasteiger partial charge on any atom is -0.486 e. The summed E-state index contributed by atoms with van der Waals surface area (Å²) in [5.41, 5.74) is -0.0154. The van der Waals surface area contributed by atoms with E-state index in [1.807, 2.05) is 6.07 Å². The Hall–Kier alpha value is -1.51. The molecule has 1 fully saturated rings. The molecule has 1 N–H and O–H groups in total. The Balaban J connectivity index is 2.32. The number of carboxylic acid groups (broad SMARTS) is 1. The van der Waals surface area contributed by atoms with Crippen LogP contribution in [0.25, 0.3) is 0 Å². The molecule has 19 heavy (non-hydrogen) atoms. The highest BCUT2D eigenvalue weighted by Gasteiger charge is 2.45. The van der Waals surface area contributed by atoms with Crippen molar-refractivity contribution in [3.63, 3.8) is 0 Å². The molecule has 1 aromatic rings. The summed E-state index contributed by atoms with van der Waals surface area (Å²) in [7, 11) is 0. The first-order chi connectivity index (χ1) is 8.86. The highest BCUT2D eigenvalue weighted by Crippen LogP contribution is 2.46. The Kier molecular flexibility index (Phi) is 3.57. The van der Waals surface area contributed by atoms with Gasteiger partial charge in [-0.05, 0) is 38.3 Å². The number of carbonyl (C=O) groups is 1. The fraction of sp³-hybridized carbons (Fsp3) is 0.562. The van der Waals surface area contributed by atoms with E-state index in [4.69, 9.17) is 4.74 Å². The van der Waals surface area contributed by atoms with Gasteiger partial charge in [0.25, 0.3) is 0 Å². The van der Waals surface area contributed by atoms with Crippen LogP contribution in [0.2, 0.25) is 0 Å². The van der Waals surface area contributed by atoms with Gasteiger partial charge >= 0.3 is 5.97 Å². The second kappa shape index (κ2) is 4.87. The van der Waals surface area contributed by atoms with Gasteiger partial charge in [0.1, 0.15) is 16.9 Å². The van der Waals surface area contributed by atoms with Crippen molar-refractivity contribution in [3.05, 3.63) is 29.8 Å². The quantitative estimate of drug-likeness (QED) is 0.891. The molecule has 0 spiro atoms. The Morgan fingerprint density at radius 1 is 1.16 bits per heavy atom. The molecule has 1 atom stereocenters. The number of ether oxygens (including phenoxy) is 1. The molecule has 1 aromatic carbocycles. The highest BCUT2D eigenvalue weighted by molar-refractivity contribution is 5.90. The molecule has 3 nitrogen and oxygen atoms in total. The first-order valence-corrected chi connectivity index (χ1v) is 6.87.